The fourth-order valence-electron chi connectivity index (χ4n) is 3.28. The van der Waals surface area contributed by atoms with Gasteiger partial charge >= 0.3 is 0 Å². The number of para-hydroxylation sites is 1. The first-order chi connectivity index (χ1) is 12.7. The topological polar surface area (TPSA) is 19.4 Å². The molecule has 2 aromatic carbocycles. The predicted octanol–water partition coefficient (Wildman–Crippen LogP) is 5.51. The lowest BCUT2D eigenvalue weighted by atomic mass is 10.2. The van der Waals surface area contributed by atoms with Gasteiger partial charge in [0.15, 0.2) is 0 Å². The Balaban J connectivity index is 1.79. The molecule has 0 radical (unpaired) electrons. The predicted molar refractivity (Wildman–Crippen MR) is 114 cm³/mol. The SMILES string of the molecule is CSc1ccc2c(c1)Sc1cc3ccccc3nc1N2CCCN(C)C. The Labute approximate surface area is 163 Å². The van der Waals surface area contributed by atoms with Crippen molar-refractivity contribution in [2.75, 3.05) is 38.3 Å². The summed E-state index contributed by atoms with van der Waals surface area (Å²) in [5, 5.41) is 1.21. The van der Waals surface area contributed by atoms with Crippen molar-refractivity contribution in [2.24, 2.45) is 0 Å². The number of pyridine rings is 1. The summed E-state index contributed by atoms with van der Waals surface area (Å²) in [7, 11) is 4.26. The zero-order chi connectivity index (χ0) is 18.1. The van der Waals surface area contributed by atoms with E-state index in [1.165, 1.54) is 25.8 Å². The molecule has 0 saturated carbocycles. The van der Waals surface area contributed by atoms with Gasteiger partial charge in [-0.05, 0) is 63.6 Å². The van der Waals surface area contributed by atoms with Crippen LogP contribution in [-0.2, 0) is 0 Å². The molecule has 3 aromatic rings. The Morgan fingerprint density at radius 3 is 2.73 bits per heavy atom. The summed E-state index contributed by atoms with van der Waals surface area (Å²) in [5.74, 6) is 1.09. The molecule has 26 heavy (non-hydrogen) atoms. The van der Waals surface area contributed by atoms with Crippen LogP contribution in [0.4, 0.5) is 11.5 Å². The number of hydrogen-bond donors (Lipinski definition) is 0. The highest BCUT2D eigenvalue weighted by atomic mass is 32.2. The first kappa shape index (κ1) is 17.7. The highest BCUT2D eigenvalue weighted by Gasteiger charge is 2.25. The van der Waals surface area contributed by atoms with Gasteiger partial charge in [0.05, 0.1) is 16.1 Å². The maximum atomic E-state index is 5.02. The number of aromatic nitrogens is 1. The van der Waals surface area contributed by atoms with E-state index >= 15 is 0 Å². The van der Waals surface area contributed by atoms with E-state index in [2.05, 4.69) is 78.7 Å². The lowest BCUT2D eigenvalue weighted by molar-refractivity contribution is 0.402. The van der Waals surface area contributed by atoms with Gasteiger partial charge in [-0.15, -0.1) is 11.8 Å². The van der Waals surface area contributed by atoms with Gasteiger partial charge in [-0.25, -0.2) is 4.98 Å². The number of rotatable bonds is 5. The van der Waals surface area contributed by atoms with Gasteiger partial charge in [-0.2, -0.15) is 0 Å². The van der Waals surface area contributed by atoms with Gasteiger partial charge in [-0.1, -0.05) is 30.0 Å². The molecule has 0 spiro atoms. The minimum absolute atomic E-state index is 0.975. The molecule has 4 rings (SSSR count). The average Bonchev–Trinajstić information content (AvgIpc) is 2.65. The summed E-state index contributed by atoms with van der Waals surface area (Å²) in [5.41, 5.74) is 2.34. The minimum Gasteiger partial charge on any atom is -0.324 e. The second kappa shape index (κ2) is 7.51. The van der Waals surface area contributed by atoms with Crippen LogP contribution in [-0.4, -0.2) is 43.3 Å². The molecule has 1 aliphatic heterocycles. The van der Waals surface area contributed by atoms with Crippen LogP contribution in [0.2, 0.25) is 0 Å². The summed E-state index contributed by atoms with van der Waals surface area (Å²) in [6, 6.07) is 17.5. The van der Waals surface area contributed by atoms with Crippen molar-refractivity contribution in [3.05, 3.63) is 48.5 Å². The van der Waals surface area contributed by atoms with Gasteiger partial charge in [0.25, 0.3) is 0 Å². The molecule has 0 N–H and O–H groups in total. The van der Waals surface area contributed by atoms with E-state index in [1.807, 2.05) is 11.8 Å². The van der Waals surface area contributed by atoms with Crippen molar-refractivity contribution in [1.29, 1.82) is 0 Å². The first-order valence-corrected chi connectivity index (χ1v) is 10.9. The zero-order valence-corrected chi connectivity index (χ0v) is 17.0. The normalized spacial score (nSPS) is 13.2. The van der Waals surface area contributed by atoms with Crippen LogP contribution in [0.5, 0.6) is 0 Å². The van der Waals surface area contributed by atoms with Crippen LogP contribution in [0.25, 0.3) is 10.9 Å². The molecular weight excluding hydrogens is 358 g/mol. The van der Waals surface area contributed by atoms with Gasteiger partial charge in [0, 0.05) is 21.7 Å². The van der Waals surface area contributed by atoms with Crippen molar-refractivity contribution in [3.63, 3.8) is 0 Å². The maximum Gasteiger partial charge on any atom is 0.147 e. The van der Waals surface area contributed by atoms with Crippen molar-refractivity contribution in [3.8, 4) is 0 Å². The number of hydrogen-bond acceptors (Lipinski definition) is 5. The standard InChI is InChI=1S/C21H23N3S2/c1-23(2)11-6-12-24-18-10-9-16(25-3)14-19(18)26-20-13-15-7-4-5-8-17(15)22-21(20)24/h4-5,7-10,13-14H,6,11-12H2,1-3H3. The molecule has 1 aliphatic rings. The van der Waals surface area contributed by atoms with Crippen molar-refractivity contribution >= 4 is 45.9 Å². The zero-order valence-electron chi connectivity index (χ0n) is 15.4. The molecule has 0 unspecified atom stereocenters. The van der Waals surface area contributed by atoms with Crippen LogP contribution in [0.15, 0.2) is 63.2 Å². The molecule has 0 amide bonds. The Hall–Kier alpha value is -1.69. The smallest absolute Gasteiger partial charge is 0.147 e. The number of benzene rings is 2. The Bertz CT molecular complexity index is 940. The van der Waals surface area contributed by atoms with E-state index in [-0.39, 0.29) is 0 Å². The number of thioether (sulfide) groups is 1. The van der Waals surface area contributed by atoms with Crippen molar-refractivity contribution in [1.82, 2.24) is 9.88 Å². The first-order valence-electron chi connectivity index (χ1n) is 8.83. The monoisotopic (exact) mass is 381 g/mol. The fourth-order valence-corrected chi connectivity index (χ4v) is 4.94. The second-order valence-electron chi connectivity index (χ2n) is 6.75. The molecular formula is C21H23N3S2. The molecule has 134 valence electrons. The lowest BCUT2D eigenvalue weighted by Gasteiger charge is -2.32. The average molecular weight is 382 g/mol. The van der Waals surface area contributed by atoms with E-state index in [4.69, 9.17) is 4.98 Å². The minimum atomic E-state index is 0.975. The molecule has 0 atom stereocenters. The van der Waals surface area contributed by atoms with Gasteiger partial charge in [-0.3, -0.25) is 0 Å². The Morgan fingerprint density at radius 2 is 1.92 bits per heavy atom. The quantitative estimate of drug-likeness (QED) is 0.541. The van der Waals surface area contributed by atoms with Crippen molar-refractivity contribution < 1.29 is 0 Å². The highest BCUT2D eigenvalue weighted by Crippen LogP contribution is 2.49. The van der Waals surface area contributed by atoms with Gasteiger partial charge in [0.1, 0.15) is 5.82 Å². The van der Waals surface area contributed by atoms with E-state index in [0.717, 1.165) is 30.8 Å². The summed E-state index contributed by atoms with van der Waals surface area (Å²) in [4.78, 5) is 13.5. The number of nitrogens with zero attached hydrogens (tertiary/aromatic N) is 3. The van der Waals surface area contributed by atoms with Crippen LogP contribution in [0, 0.1) is 0 Å². The summed E-state index contributed by atoms with van der Waals surface area (Å²) >= 11 is 3.64. The fraction of sp³-hybridized carbons (Fsp3) is 0.286. The van der Waals surface area contributed by atoms with Crippen LogP contribution in [0.3, 0.4) is 0 Å². The molecule has 3 nitrogen and oxygen atoms in total. The number of anilines is 2. The molecule has 0 fully saturated rings. The van der Waals surface area contributed by atoms with Crippen LogP contribution < -0.4 is 4.90 Å². The molecule has 0 aliphatic carbocycles. The molecule has 5 heteroatoms. The third kappa shape index (κ3) is 3.43. The molecule has 0 bridgehead atoms. The Kier molecular flexibility index (Phi) is 5.11. The summed E-state index contributed by atoms with van der Waals surface area (Å²) in [6.07, 6.45) is 3.24. The lowest BCUT2D eigenvalue weighted by Crippen LogP contribution is -2.26. The summed E-state index contributed by atoms with van der Waals surface area (Å²) in [6.45, 7) is 2.05. The molecule has 2 heterocycles. The summed E-state index contributed by atoms with van der Waals surface area (Å²) < 4.78 is 0. The van der Waals surface area contributed by atoms with Gasteiger partial charge < -0.3 is 9.80 Å². The van der Waals surface area contributed by atoms with E-state index in [1.54, 1.807) is 11.8 Å². The van der Waals surface area contributed by atoms with E-state index < -0.39 is 0 Å². The van der Waals surface area contributed by atoms with Crippen LogP contribution >= 0.6 is 23.5 Å². The third-order valence-corrected chi connectivity index (χ3v) is 6.38. The highest BCUT2D eigenvalue weighted by molar-refractivity contribution is 8.00. The largest absolute Gasteiger partial charge is 0.324 e. The molecule has 0 saturated heterocycles. The maximum absolute atomic E-state index is 5.02. The number of fused-ring (bicyclic) bond motifs is 3. The Morgan fingerprint density at radius 1 is 1.08 bits per heavy atom. The second-order valence-corrected chi connectivity index (χ2v) is 8.71. The van der Waals surface area contributed by atoms with E-state index in [9.17, 15) is 0 Å². The third-order valence-electron chi connectivity index (χ3n) is 4.59. The molecule has 1 aromatic heterocycles. The van der Waals surface area contributed by atoms with Crippen molar-refractivity contribution in [2.45, 2.75) is 21.1 Å². The van der Waals surface area contributed by atoms with Gasteiger partial charge in [0.2, 0.25) is 0 Å². The van der Waals surface area contributed by atoms with Crippen LogP contribution in [0.1, 0.15) is 6.42 Å². The van der Waals surface area contributed by atoms with E-state index in [0.29, 0.717) is 0 Å².